The highest BCUT2D eigenvalue weighted by Gasteiger charge is 2.21. The second-order valence-electron chi connectivity index (χ2n) is 7.13. The first-order chi connectivity index (χ1) is 12.7. The van der Waals surface area contributed by atoms with Crippen molar-refractivity contribution in [3.63, 3.8) is 0 Å². The maximum atomic E-state index is 12.7. The van der Waals surface area contributed by atoms with Gasteiger partial charge in [0.15, 0.2) is 6.54 Å². The predicted molar refractivity (Wildman–Crippen MR) is 104 cm³/mol. The van der Waals surface area contributed by atoms with Gasteiger partial charge in [0.1, 0.15) is 6.54 Å². The number of fused-ring (bicyclic) bond motifs is 2. The number of para-hydroxylation sites is 1. The van der Waals surface area contributed by atoms with Gasteiger partial charge in [0.05, 0.1) is 18.3 Å². The number of nitrogens with one attached hydrogen (secondary N) is 2. The number of hydrogen-bond donors (Lipinski definition) is 2. The molecule has 0 spiro atoms. The number of amides is 1. The number of aryl methyl sites for hydroxylation is 1. The fourth-order valence-corrected chi connectivity index (χ4v) is 3.82. The number of likely N-dealkylation sites (N-methyl/N-ethyl adjacent to an activating group) is 1. The van der Waals surface area contributed by atoms with Crippen LogP contribution in [0.1, 0.15) is 23.2 Å². The van der Waals surface area contributed by atoms with Crippen molar-refractivity contribution in [1.82, 2.24) is 4.98 Å². The van der Waals surface area contributed by atoms with Gasteiger partial charge < -0.3 is 10.2 Å². The molecule has 4 nitrogen and oxygen atoms in total. The van der Waals surface area contributed by atoms with Gasteiger partial charge in [0.25, 0.3) is 5.91 Å². The van der Waals surface area contributed by atoms with Gasteiger partial charge in [-0.15, -0.1) is 0 Å². The number of pyridine rings is 1. The van der Waals surface area contributed by atoms with Crippen LogP contribution in [0.25, 0.3) is 10.9 Å². The predicted octanol–water partition coefficient (Wildman–Crippen LogP) is 2.38. The SMILES string of the molecule is C[NH+](CC(=O)Nc1c2c(nc3ccccc13)CCC2)Cc1ccccc1. The summed E-state index contributed by atoms with van der Waals surface area (Å²) in [6.07, 6.45) is 3.11. The molecule has 1 atom stereocenters. The first-order valence-electron chi connectivity index (χ1n) is 9.26. The van der Waals surface area contributed by atoms with Gasteiger partial charge in [-0.25, -0.2) is 0 Å². The van der Waals surface area contributed by atoms with Gasteiger partial charge in [-0.3, -0.25) is 9.78 Å². The van der Waals surface area contributed by atoms with Crippen molar-refractivity contribution in [2.75, 3.05) is 18.9 Å². The normalized spacial score (nSPS) is 14.2. The number of benzene rings is 2. The van der Waals surface area contributed by atoms with E-state index < -0.39 is 0 Å². The summed E-state index contributed by atoms with van der Waals surface area (Å²) in [4.78, 5) is 18.7. The Bertz CT molecular complexity index is 937. The molecule has 0 fully saturated rings. The Morgan fingerprint density at radius 3 is 2.69 bits per heavy atom. The maximum absolute atomic E-state index is 12.7. The molecule has 132 valence electrons. The van der Waals surface area contributed by atoms with E-state index in [2.05, 4.69) is 30.6 Å². The molecule has 2 N–H and O–H groups in total. The van der Waals surface area contributed by atoms with E-state index in [4.69, 9.17) is 4.98 Å². The third kappa shape index (κ3) is 3.46. The quantitative estimate of drug-likeness (QED) is 0.745. The van der Waals surface area contributed by atoms with Crippen molar-refractivity contribution in [2.24, 2.45) is 0 Å². The van der Waals surface area contributed by atoms with E-state index in [1.54, 1.807) is 0 Å². The van der Waals surface area contributed by atoms with Crippen LogP contribution < -0.4 is 10.2 Å². The zero-order valence-electron chi connectivity index (χ0n) is 15.1. The van der Waals surface area contributed by atoms with Gasteiger partial charge in [-0.2, -0.15) is 0 Å². The summed E-state index contributed by atoms with van der Waals surface area (Å²) in [6.45, 7) is 1.28. The fourth-order valence-electron chi connectivity index (χ4n) is 3.82. The lowest BCUT2D eigenvalue weighted by Gasteiger charge is -2.16. The number of anilines is 1. The molecule has 4 heteroatoms. The second kappa shape index (κ2) is 7.26. The minimum absolute atomic E-state index is 0.0592. The van der Waals surface area contributed by atoms with Crippen LogP contribution in [0.3, 0.4) is 0 Å². The first kappa shape index (κ1) is 16.7. The molecule has 1 heterocycles. The molecule has 3 aromatic rings. The van der Waals surface area contributed by atoms with Crippen molar-refractivity contribution in [2.45, 2.75) is 25.8 Å². The number of quaternary nitrogens is 1. The van der Waals surface area contributed by atoms with Crippen LogP contribution in [0.15, 0.2) is 54.6 Å². The summed E-state index contributed by atoms with van der Waals surface area (Å²) in [7, 11) is 2.06. The summed E-state index contributed by atoms with van der Waals surface area (Å²) < 4.78 is 0. The maximum Gasteiger partial charge on any atom is 0.279 e. The zero-order chi connectivity index (χ0) is 17.9. The topological polar surface area (TPSA) is 46.4 Å². The van der Waals surface area contributed by atoms with Crippen LogP contribution in [-0.4, -0.2) is 24.5 Å². The Morgan fingerprint density at radius 2 is 1.85 bits per heavy atom. The molecule has 0 aliphatic heterocycles. The Kier molecular flexibility index (Phi) is 4.67. The van der Waals surface area contributed by atoms with E-state index in [0.717, 1.165) is 48.1 Å². The molecule has 0 saturated carbocycles. The van der Waals surface area contributed by atoms with Crippen LogP contribution in [0.5, 0.6) is 0 Å². The highest BCUT2D eigenvalue weighted by Crippen LogP contribution is 2.33. The zero-order valence-corrected chi connectivity index (χ0v) is 15.1. The van der Waals surface area contributed by atoms with Gasteiger partial charge in [0.2, 0.25) is 0 Å². The lowest BCUT2D eigenvalue weighted by Crippen LogP contribution is -3.08. The summed E-state index contributed by atoms with van der Waals surface area (Å²) in [5.74, 6) is 0.0592. The smallest absolute Gasteiger partial charge is 0.279 e. The van der Waals surface area contributed by atoms with E-state index >= 15 is 0 Å². The number of carbonyl (C=O) groups is 1. The molecule has 1 aliphatic rings. The Morgan fingerprint density at radius 1 is 1.08 bits per heavy atom. The minimum Gasteiger partial charge on any atom is -0.326 e. The number of rotatable bonds is 5. The average Bonchev–Trinajstić information content (AvgIpc) is 3.10. The van der Waals surface area contributed by atoms with E-state index in [1.807, 2.05) is 36.4 Å². The number of nitrogens with zero attached hydrogens (tertiary/aromatic N) is 1. The van der Waals surface area contributed by atoms with Crippen LogP contribution in [0.2, 0.25) is 0 Å². The highest BCUT2D eigenvalue weighted by atomic mass is 16.2. The van der Waals surface area contributed by atoms with Crippen molar-refractivity contribution in [1.29, 1.82) is 0 Å². The Labute approximate surface area is 153 Å². The third-order valence-corrected chi connectivity index (χ3v) is 4.99. The van der Waals surface area contributed by atoms with Crippen LogP contribution in [-0.2, 0) is 24.2 Å². The molecular weight excluding hydrogens is 322 g/mol. The van der Waals surface area contributed by atoms with Gasteiger partial charge >= 0.3 is 0 Å². The van der Waals surface area contributed by atoms with E-state index in [1.165, 1.54) is 16.0 Å². The molecule has 1 aliphatic carbocycles. The summed E-state index contributed by atoms with van der Waals surface area (Å²) in [5, 5.41) is 4.25. The average molecular weight is 346 g/mol. The molecule has 26 heavy (non-hydrogen) atoms. The van der Waals surface area contributed by atoms with Gasteiger partial charge in [0, 0.05) is 16.6 Å². The second-order valence-corrected chi connectivity index (χ2v) is 7.13. The lowest BCUT2D eigenvalue weighted by molar-refractivity contribution is -0.885. The Balaban J connectivity index is 1.53. The minimum atomic E-state index is 0.0592. The van der Waals surface area contributed by atoms with Gasteiger partial charge in [-0.05, 0) is 30.9 Å². The molecule has 1 unspecified atom stereocenters. The number of hydrogen-bond acceptors (Lipinski definition) is 2. The van der Waals surface area contributed by atoms with Crippen LogP contribution >= 0.6 is 0 Å². The van der Waals surface area contributed by atoms with Crippen molar-refractivity contribution in [3.8, 4) is 0 Å². The van der Waals surface area contributed by atoms with Crippen LogP contribution in [0, 0.1) is 0 Å². The lowest BCUT2D eigenvalue weighted by atomic mass is 10.1. The molecule has 1 amide bonds. The molecule has 0 radical (unpaired) electrons. The third-order valence-electron chi connectivity index (χ3n) is 4.99. The Hall–Kier alpha value is -2.72. The van der Waals surface area contributed by atoms with Gasteiger partial charge in [-0.1, -0.05) is 48.5 Å². The van der Waals surface area contributed by atoms with E-state index in [-0.39, 0.29) is 5.91 Å². The molecular formula is C22H24N3O+. The standard InChI is InChI=1S/C22H23N3O/c1-25(14-16-8-3-2-4-9-16)15-21(26)24-22-17-10-5-6-12-19(17)23-20-13-7-11-18(20)22/h2-6,8-10,12H,7,11,13-15H2,1H3,(H,23,24,26)/p+1. The molecule has 0 bridgehead atoms. The highest BCUT2D eigenvalue weighted by molar-refractivity contribution is 6.03. The summed E-state index contributed by atoms with van der Waals surface area (Å²) in [6, 6.07) is 18.4. The molecule has 0 saturated heterocycles. The van der Waals surface area contributed by atoms with E-state index in [9.17, 15) is 4.79 Å². The number of aromatic nitrogens is 1. The summed E-state index contributed by atoms with van der Waals surface area (Å²) in [5.41, 5.74) is 5.55. The first-order valence-corrected chi connectivity index (χ1v) is 9.26. The largest absolute Gasteiger partial charge is 0.326 e. The molecule has 2 aromatic carbocycles. The van der Waals surface area contributed by atoms with Crippen molar-refractivity contribution < 1.29 is 9.69 Å². The van der Waals surface area contributed by atoms with Crippen LogP contribution in [0.4, 0.5) is 5.69 Å². The molecule has 1 aromatic heterocycles. The van der Waals surface area contributed by atoms with Crippen molar-refractivity contribution in [3.05, 3.63) is 71.4 Å². The molecule has 4 rings (SSSR count). The number of carbonyl (C=O) groups excluding carboxylic acids is 1. The van der Waals surface area contributed by atoms with Crippen molar-refractivity contribution >= 4 is 22.5 Å². The monoisotopic (exact) mass is 346 g/mol. The fraction of sp³-hybridized carbons (Fsp3) is 0.273. The van der Waals surface area contributed by atoms with E-state index in [0.29, 0.717) is 6.54 Å². The summed E-state index contributed by atoms with van der Waals surface area (Å²) >= 11 is 0.